The minimum atomic E-state index is -1.58. The monoisotopic (exact) mass is 508 g/mol. The van der Waals surface area contributed by atoms with Crippen molar-refractivity contribution in [2.45, 2.75) is 71.7 Å². The molecule has 8 nitrogen and oxygen atoms in total. The lowest BCUT2D eigenvalue weighted by atomic mass is 9.99. The molecule has 5 atom stereocenters. The van der Waals surface area contributed by atoms with Gasteiger partial charge < -0.3 is 35.0 Å². The molecule has 2 aromatic carbocycles. The summed E-state index contributed by atoms with van der Waals surface area (Å²) in [4.78, 5) is 15.5. The summed E-state index contributed by atoms with van der Waals surface area (Å²) in [7, 11) is 0. The highest BCUT2D eigenvalue weighted by atomic mass is 16.7. The van der Waals surface area contributed by atoms with Crippen molar-refractivity contribution >= 4 is 28.7 Å². The Morgan fingerprint density at radius 2 is 1.59 bits per heavy atom. The molecule has 0 bridgehead atoms. The normalized spacial score (nSPS) is 24.3. The SMILES string of the molecule is CC(C)=CCc1cccc2c1Nc1c(C(=O)OC3OC(C)C(O)C(O)C3O)cccc1N2CC=C(C)C. The zero-order valence-corrected chi connectivity index (χ0v) is 21.9. The van der Waals surface area contributed by atoms with Crippen LogP contribution in [0.5, 0.6) is 0 Å². The number of nitrogens with one attached hydrogen (secondary N) is 1. The van der Waals surface area contributed by atoms with Crippen molar-refractivity contribution in [3.8, 4) is 0 Å². The third-order valence-electron chi connectivity index (χ3n) is 6.67. The van der Waals surface area contributed by atoms with Crippen LogP contribution >= 0.6 is 0 Å². The number of ether oxygens (including phenoxy) is 2. The van der Waals surface area contributed by atoms with E-state index in [1.54, 1.807) is 19.1 Å². The molecule has 0 spiro atoms. The number of allylic oxidation sites excluding steroid dienone is 3. The Labute approximate surface area is 217 Å². The smallest absolute Gasteiger partial charge is 0.342 e. The van der Waals surface area contributed by atoms with Crippen molar-refractivity contribution in [2.24, 2.45) is 0 Å². The van der Waals surface area contributed by atoms with E-state index in [1.165, 1.54) is 11.1 Å². The standard InChI is InChI=1S/C29H36N2O6/c1-16(2)12-13-19-8-6-10-21-23(19)30-24-20(9-7-11-22(24)31(21)15-14-17(3)4)28(35)37-29-27(34)26(33)25(32)18(5)36-29/h6-12,14,18,25-27,29-30,32-34H,13,15H2,1-5H3. The van der Waals surface area contributed by atoms with Gasteiger partial charge in [-0.05, 0) is 64.8 Å². The molecule has 0 radical (unpaired) electrons. The lowest BCUT2D eigenvalue weighted by molar-refractivity contribution is -0.276. The molecule has 1 fully saturated rings. The van der Waals surface area contributed by atoms with Gasteiger partial charge in [0.05, 0.1) is 34.4 Å². The van der Waals surface area contributed by atoms with Gasteiger partial charge in [-0.1, -0.05) is 41.5 Å². The first kappa shape index (κ1) is 26.9. The van der Waals surface area contributed by atoms with Crippen LogP contribution in [-0.2, 0) is 15.9 Å². The van der Waals surface area contributed by atoms with E-state index >= 15 is 0 Å². The predicted molar refractivity (Wildman–Crippen MR) is 144 cm³/mol. The van der Waals surface area contributed by atoms with Crippen LogP contribution in [0, 0.1) is 0 Å². The molecular weight excluding hydrogens is 472 g/mol. The van der Waals surface area contributed by atoms with Crippen LogP contribution in [0.15, 0.2) is 59.7 Å². The first-order valence-electron chi connectivity index (χ1n) is 12.5. The molecule has 2 heterocycles. The Morgan fingerprint density at radius 3 is 2.27 bits per heavy atom. The highest BCUT2D eigenvalue weighted by Gasteiger charge is 2.44. The zero-order valence-electron chi connectivity index (χ0n) is 21.9. The highest BCUT2D eigenvalue weighted by molar-refractivity contribution is 6.05. The molecule has 0 aromatic heterocycles. The van der Waals surface area contributed by atoms with Crippen LogP contribution in [0.2, 0.25) is 0 Å². The van der Waals surface area contributed by atoms with Gasteiger partial charge in [0.1, 0.15) is 18.3 Å². The number of aliphatic hydroxyl groups excluding tert-OH is 3. The number of rotatable bonds is 6. The number of para-hydroxylation sites is 2. The molecular formula is C29H36N2O6. The number of carbonyl (C=O) groups excluding carboxylic acids is 1. The molecule has 1 saturated heterocycles. The maximum Gasteiger partial charge on any atom is 0.342 e. The third-order valence-corrected chi connectivity index (χ3v) is 6.67. The molecule has 5 unspecified atom stereocenters. The number of hydrogen-bond acceptors (Lipinski definition) is 8. The van der Waals surface area contributed by atoms with Gasteiger partial charge in [-0.25, -0.2) is 4.79 Å². The average Bonchev–Trinajstić information content (AvgIpc) is 2.86. The van der Waals surface area contributed by atoms with E-state index in [0.717, 1.165) is 29.0 Å². The number of anilines is 4. The fraction of sp³-hybridized carbons (Fsp3) is 0.414. The van der Waals surface area contributed by atoms with E-state index in [0.29, 0.717) is 12.2 Å². The summed E-state index contributed by atoms with van der Waals surface area (Å²) in [6.45, 7) is 10.4. The van der Waals surface area contributed by atoms with Gasteiger partial charge in [0, 0.05) is 6.54 Å². The van der Waals surface area contributed by atoms with Crippen molar-refractivity contribution in [2.75, 3.05) is 16.8 Å². The Balaban J connectivity index is 1.73. The number of fused-ring (bicyclic) bond motifs is 2. The summed E-state index contributed by atoms with van der Waals surface area (Å²) in [5, 5.41) is 33.9. The van der Waals surface area contributed by atoms with E-state index in [4.69, 9.17) is 9.47 Å². The lowest BCUT2D eigenvalue weighted by Crippen LogP contribution is -2.57. The number of nitrogens with zero attached hydrogens (tertiary/aromatic N) is 1. The maximum atomic E-state index is 13.4. The maximum absolute atomic E-state index is 13.4. The summed E-state index contributed by atoms with van der Waals surface area (Å²) in [6, 6.07) is 11.5. The Morgan fingerprint density at radius 1 is 0.946 bits per heavy atom. The van der Waals surface area contributed by atoms with Crippen molar-refractivity contribution < 1.29 is 29.6 Å². The quantitative estimate of drug-likeness (QED) is 0.337. The summed E-state index contributed by atoms with van der Waals surface area (Å²) in [5.41, 5.74) is 7.07. The molecule has 2 aliphatic heterocycles. The number of aliphatic hydroxyl groups is 3. The van der Waals surface area contributed by atoms with Crippen LogP contribution < -0.4 is 10.2 Å². The van der Waals surface area contributed by atoms with Crippen molar-refractivity contribution in [3.63, 3.8) is 0 Å². The Kier molecular flexibility index (Phi) is 8.04. The molecule has 2 aliphatic rings. The summed E-state index contributed by atoms with van der Waals surface area (Å²) >= 11 is 0. The molecule has 0 saturated carbocycles. The summed E-state index contributed by atoms with van der Waals surface area (Å²) < 4.78 is 11.0. The molecule has 0 amide bonds. The van der Waals surface area contributed by atoms with E-state index in [2.05, 4.69) is 48.3 Å². The van der Waals surface area contributed by atoms with E-state index in [1.807, 2.05) is 26.0 Å². The van der Waals surface area contributed by atoms with Crippen molar-refractivity contribution in [3.05, 3.63) is 70.8 Å². The van der Waals surface area contributed by atoms with Crippen LogP contribution in [-0.4, -0.2) is 58.5 Å². The molecule has 8 heteroatoms. The second-order valence-corrected chi connectivity index (χ2v) is 10.1. The lowest BCUT2D eigenvalue weighted by Gasteiger charge is -2.39. The van der Waals surface area contributed by atoms with Crippen LogP contribution in [0.3, 0.4) is 0 Å². The first-order chi connectivity index (χ1) is 17.6. The molecule has 0 aliphatic carbocycles. The van der Waals surface area contributed by atoms with Crippen LogP contribution in [0.4, 0.5) is 22.7 Å². The van der Waals surface area contributed by atoms with Crippen LogP contribution in [0.25, 0.3) is 0 Å². The molecule has 198 valence electrons. The minimum Gasteiger partial charge on any atom is -0.429 e. The molecule has 2 aromatic rings. The predicted octanol–water partition coefficient (Wildman–Crippen LogP) is 4.34. The van der Waals surface area contributed by atoms with Gasteiger partial charge in [0.25, 0.3) is 0 Å². The largest absolute Gasteiger partial charge is 0.429 e. The Hall–Kier alpha value is -3.17. The number of benzene rings is 2. The summed E-state index contributed by atoms with van der Waals surface area (Å²) in [6.07, 6.45) is -1.55. The molecule has 37 heavy (non-hydrogen) atoms. The van der Waals surface area contributed by atoms with Gasteiger partial charge >= 0.3 is 5.97 Å². The van der Waals surface area contributed by atoms with E-state index in [9.17, 15) is 20.1 Å². The van der Waals surface area contributed by atoms with Crippen LogP contribution in [0.1, 0.15) is 50.5 Å². The molecule has 4 rings (SSSR count). The fourth-order valence-corrected chi connectivity index (χ4v) is 4.51. The fourth-order valence-electron chi connectivity index (χ4n) is 4.51. The minimum absolute atomic E-state index is 0.270. The van der Waals surface area contributed by atoms with E-state index in [-0.39, 0.29) is 5.56 Å². The van der Waals surface area contributed by atoms with Crippen molar-refractivity contribution in [1.82, 2.24) is 0 Å². The highest BCUT2D eigenvalue weighted by Crippen LogP contribution is 2.47. The van der Waals surface area contributed by atoms with E-state index < -0.39 is 36.7 Å². The van der Waals surface area contributed by atoms with Gasteiger partial charge in [-0.2, -0.15) is 0 Å². The van der Waals surface area contributed by atoms with Gasteiger partial charge in [0.2, 0.25) is 6.29 Å². The first-order valence-corrected chi connectivity index (χ1v) is 12.5. The zero-order chi connectivity index (χ0) is 26.9. The number of esters is 1. The summed E-state index contributed by atoms with van der Waals surface area (Å²) in [5.74, 6) is -0.711. The average molecular weight is 509 g/mol. The second-order valence-electron chi connectivity index (χ2n) is 10.1. The molecule has 4 N–H and O–H groups in total. The van der Waals surface area contributed by atoms with Crippen molar-refractivity contribution in [1.29, 1.82) is 0 Å². The number of hydrogen-bond donors (Lipinski definition) is 4. The third kappa shape index (κ3) is 5.57. The van der Waals surface area contributed by atoms with Gasteiger partial charge in [-0.15, -0.1) is 0 Å². The second kappa shape index (κ2) is 11.1. The number of carbonyl (C=O) groups is 1. The topological polar surface area (TPSA) is 111 Å². The van der Waals surface area contributed by atoms with Gasteiger partial charge in [0.15, 0.2) is 0 Å². The Bertz CT molecular complexity index is 1210. The van der Waals surface area contributed by atoms with Gasteiger partial charge in [-0.3, -0.25) is 0 Å².